The number of carbonyl (C=O) groups excluding carboxylic acids is 1. The molecule has 1 saturated carbocycles. The molecule has 1 heterocycles. The van der Waals surface area contributed by atoms with E-state index in [0.717, 1.165) is 31.2 Å². The predicted molar refractivity (Wildman–Crippen MR) is 111 cm³/mol. The van der Waals surface area contributed by atoms with E-state index in [1.165, 1.54) is 17.0 Å². The van der Waals surface area contributed by atoms with Crippen molar-refractivity contribution < 1.29 is 9.18 Å². The van der Waals surface area contributed by atoms with Gasteiger partial charge in [0.1, 0.15) is 5.82 Å². The third-order valence-electron chi connectivity index (χ3n) is 6.15. The van der Waals surface area contributed by atoms with Crippen LogP contribution in [0, 0.1) is 17.7 Å². The Bertz CT molecular complexity index is 974. The minimum atomic E-state index is -0.392. The number of anilines is 1. The number of para-hydroxylation sites is 2. The standard InChI is InChI=1S/C24H25FN2O/c1-16(24(28)27-23-9-5-3-7-21(23)25)17-10-12-18(13-11-17)19-14-15-26-22-8-4-2-6-20(19)22/h2-9,14-18H,10-13H2,1H3,(H,27,28). The zero-order valence-electron chi connectivity index (χ0n) is 16.1. The molecule has 4 heteroatoms. The number of hydrogen-bond donors (Lipinski definition) is 1. The molecule has 2 aromatic carbocycles. The monoisotopic (exact) mass is 376 g/mol. The molecule has 0 bridgehead atoms. The Hall–Kier alpha value is -2.75. The van der Waals surface area contributed by atoms with E-state index in [1.807, 2.05) is 19.2 Å². The summed E-state index contributed by atoms with van der Waals surface area (Å²) in [5.41, 5.74) is 2.67. The number of halogens is 1. The molecule has 1 aliphatic rings. The van der Waals surface area contributed by atoms with E-state index in [9.17, 15) is 9.18 Å². The van der Waals surface area contributed by atoms with Crippen LogP contribution in [0.1, 0.15) is 44.1 Å². The fourth-order valence-corrected chi connectivity index (χ4v) is 4.43. The van der Waals surface area contributed by atoms with Gasteiger partial charge in [-0.2, -0.15) is 0 Å². The van der Waals surface area contributed by atoms with Gasteiger partial charge in [-0.15, -0.1) is 0 Å². The highest BCUT2D eigenvalue weighted by atomic mass is 19.1. The van der Waals surface area contributed by atoms with E-state index in [-0.39, 0.29) is 17.5 Å². The molecule has 1 N–H and O–H groups in total. The van der Waals surface area contributed by atoms with Crippen LogP contribution in [0.15, 0.2) is 60.8 Å². The van der Waals surface area contributed by atoms with Crippen molar-refractivity contribution >= 4 is 22.5 Å². The maximum absolute atomic E-state index is 13.8. The van der Waals surface area contributed by atoms with Gasteiger partial charge < -0.3 is 5.32 Å². The van der Waals surface area contributed by atoms with Gasteiger partial charge in [0.15, 0.2) is 0 Å². The van der Waals surface area contributed by atoms with Crippen molar-refractivity contribution in [1.82, 2.24) is 4.98 Å². The number of fused-ring (bicyclic) bond motifs is 1. The Balaban J connectivity index is 1.41. The summed E-state index contributed by atoms with van der Waals surface area (Å²) in [7, 11) is 0. The average molecular weight is 376 g/mol. The molecule has 0 spiro atoms. The van der Waals surface area contributed by atoms with Crippen LogP contribution in [0.3, 0.4) is 0 Å². The minimum absolute atomic E-state index is 0.0945. The summed E-state index contributed by atoms with van der Waals surface area (Å²) in [5, 5.41) is 3.99. The lowest BCUT2D eigenvalue weighted by atomic mass is 9.73. The Labute approximate surface area is 165 Å². The third-order valence-corrected chi connectivity index (χ3v) is 6.15. The Morgan fingerprint density at radius 3 is 2.54 bits per heavy atom. The van der Waals surface area contributed by atoms with E-state index >= 15 is 0 Å². The molecule has 3 aromatic rings. The number of amides is 1. The Morgan fingerprint density at radius 1 is 1.04 bits per heavy atom. The lowest BCUT2D eigenvalue weighted by Crippen LogP contribution is -2.29. The third kappa shape index (κ3) is 3.77. The topological polar surface area (TPSA) is 42.0 Å². The summed E-state index contributed by atoms with van der Waals surface area (Å²) in [6.45, 7) is 1.96. The summed E-state index contributed by atoms with van der Waals surface area (Å²) in [6, 6.07) is 16.7. The van der Waals surface area contributed by atoms with Crippen molar-refractivity contribution in [3.8, 4) is 0 Å². The molecule has 28 heavy (non-hydrogen) atoms. The second kappa shape index (κ2) is 8.09. The van der Waals surface area contributed by atoms with Crippen molar-refractivity contribution in [3.05, 3.63) is 72.2 Å². The first kappa shape index (κ1) is 18.6. The van der Waals surface area contributed by atoms with Crippen molar-refractivity contribution in [2.45, 2.75) is 38.5 Å². The number of carbonyl (C=O) groups is 1. The highest BCUT2D eigenvalue weighted by molar-refractivity contribution is 5.92. The van der Waals surface area contributed by atoms with E-state index in [0.29, 0.717) is 11.8 Å². The molecule has 0 radical (unpaired) electrons. The van der Waals surface area contributed by atoms with Crippen LogP contribution in [-0.4, -0.2) is 10.9 Å². The number of aromatic nitrogens is 1. The van der Waals surface area contributed by atoms with Gasteiger partial charge in [-0.1, -0.05) is 37.3 Å². The molecule has 1 fully saturated rings. The molecule has 1 unspecified atom stereocenters. The number of pyridine rings is 1. The molecule has 3 nitrogen and oxygen atoms in total. The smallest absolute Gasteiger partial charge is 0.227 e. The van der Waals surface area contributed by atoms with Gasteiger partial charge in [0, 0.05) is 17.5 Å². The maximum atomic E-state index is 13.8. The minimum Gasteiger partial charge on any atom is -0.323 e. The number of hydrogen-bond acceptors (Lipinski definition) is 2. The zero-order valence-corrected chi connectivity index (χ0v) is 16.1. The highest BCUT2D eigenvalue weighted by Crippen LogP contribution is 2.40. The van der Waals surface area contributed by atoms with Gasteiger partial charge in [0.2, 0.25) is 5.91 Å². The van der Waals surface area contributed by atoms with Gasteiger partial charge in [0.05, 0.1) is 11.2 Å². The van der Waals surface area contributed by atoms with Crippen LogP contribution in [0.2, 0.25) is 0 Å². The molecule has 0 saturated heterocycles. The quantitative estimate of drug-likeness (QED) is 0.614. The van der Waals surface area contributed by atoms with Crippen LogP contribution in [0.4, 0.5) is 10.1 Å². The second-order valence-corrected chi connectivity index (χ2v) is 7.79. The molecule has 144 valence electrons. The lowest BCUT2D eigenvalue weighted by Gasteiger charge is -2.32. The van der Waals surface area contributed by atoms with Crippen molar-refractivity contribution in [1.29, 1.82) is 0 Å². The number of nitrogens with zero attached hydrogens (tertiary/aromatic N) is 1. The van der Waals surface area contributed by atoms with Gasteiger partial charge in [-0.05, 0) is 67.3 Å². The SMILES string of the molecule is CC(C(=O)Nc1ccccc1F)C1CCC(c2ccnc3ccccc23)CC1. The fraction of sp³-hybridized carbons (Fsp3) is 0.333. The summed E-state index contributed by atoms with van der Waals surface area (Å²) in [5.74, 6) is 0.219. The molecular formula is C24H25FN2O. The van der Waals surface area contributed by atoms with Gasteiger partial charge in [-0.25, -0.2) is 4.39 Å². The number of nitrogens with one attached hydrogen (secondary N) is 1. The maximum Gasteiger partial charge on any atom is 0.227 e. The molecule has 1 amide bonds. The lowest BCUT2D eigenvalue weighted by molar-refractivity contribution is -0.121. The first-order valence-electron chi connectivity index (χ1n) is 10.0. The van der Waals surface area contributed by atoms with Crippen molar-refractivity contribution in [2.75, 3.05) is 5.32 Å². The van der Waals surface area contributed by atoms with Crippen LogP contribution in [0.25, 0.3) is 10.9 Å². The van der Waals surface area contributed by atoms with Crippen molar-refractivity contribution in [3.63, 3.8) is 0 Å². The zero-order chi connectivity index (χ0) is 19.5. The normalized spacial score (nSPS) is 20.6. The summed E-state index contributed by atoms with van der Waals surface area (Å²) >= 11 is 0. The number of benzene rings is 2. The first-order chi connectivity index (χ1) is 13.6. The second-order valence-electron chi connectivity index (χ2n) is 7.79. The average Bonchev–Trinajstić information content (AvgIpc) is 2.74. The van der Waals surface area contributed by atoms with E-state index in [1.54, 1.807) is 18.2 Å². The van der Waals surface area contributed by atoms with Crippen molar-refractivity contribution in [2.24, 2.45) is 11.8 Å². The number of rotatable bonds is 4. The van der Waals surface area contributed by atoms with E-state index in [2.05, 4.69) is 34.6 Å². The molecule has 0 aliphatic heterocycles. The highest BCUT2D eigenvalue weighted by Gasteiger charge is 2.30. The summed E-state index contributed by atoms with van der Waals surface area (Å²) in [4.78, 5) is 17.1. The van der Waals surface area contributed by atoms with Crippen LogP contribution < -0.4 is 5.32 Å². The van der Waals surface area contributed by atoms with Gasteiger partial charge in [0.25, 0.3) is 0 Å². The van der Waals surface area contributed by atoms with Crippen LogP contribution in [0.5, 0.6) is 0 Å². The molecule has 4 rings (SSSR count). The fourth-order valence-electron chi connectivity index (χ4n) is 4.43. The van der Waals surface area contributed by atoms with Gasteiger partial charge in [-0.3, -0.25) is 9.78 Å². The predicted octanol–water partition coefficient (Wildman–Crippen LogP) is 5.92. The summed E-state index contributed by atoms with van der Waals surface area (Å²) < 4.78 is 13.8. The summed E-state index contributed by atoms with van der Waals surface area (Å²) in [6.07, 6.45) is 6.04. The molecular weight excluding hydrogens is 351 g/mol. The Kier molecular flexibility index (Phi) is 5.38. The van der Waals surface area contributed by atoms with Gasteiger partial charge >= 0.3 is 0 Å². The van der Waals surface area contributed by atoms with E-state index in [4.69, 9.17) is 0 Å². The van der Waals surface area contributed by atoms with E-state index < -0.39 is 5.82 Å². The Morgan fingerprint density at radius 2 is 1.75 bits per heavy atom. The molecule has 1 aliphatic carbocycles. The first-order valence-corrected chi connectivity index (χ1v) is 10.0. The molecule has 1 aromatic heterocycles. The van der Waals surface area contributed by atoms with Crippen LogP contribution >= 0.6 is 0 Å². The van der Waals surface area contributed by atoms with Crippen LogP contribution in [-0.2, 0) is 4.79 Å². The largest absolute Gasteiger partial charge is 0.323 e. The molecule has 1 atom stereocenters.